The Morgan fingerprint density at radius 3 is 2.50 bits per heavy atom. The fourth-order valence-corrected chi connectivity index (χ4v) is 8.11. The van der Waals surface area contributed by atoms with E-state index >= 15 is 8.78 Å². The summed E-state index contributed by atoms with van der Waals surface area (Å²) in [5.74, 6) is -8.00. The highest BCUT2D eigenvalue weighted by atomic mass is 35.5. The number of thiazole rings is 1. The molecule has 3 N–H and O–H groups in total. The van der Waals surface area contributed by atoms with Gasteiger partial charge in [-0.05, 0) is 56.7 Å². The molecule has 0 radical (unpaired) electrons. The number of imide groups is 2. The number of piperidine rings is 2. The average Bonchev–Trinajstić information content (AvgIpc) is 3.80. The third-order valence-corrected chi connectivity index (χ3v) is 11.3. The lowest BCUT2D eigenvalue weighted by Crippen LogP contribution is -2.54. The molecule has 0 bridgehead atoms. The quantitative estimate of drug-likeness (QED) is 0.195. The van der Waals surface area contributed by atoms with Gasteiger partial charge in [-0.3, -0.25) is 39.1 Å². The average molecular weight is 841 g/mol. The van der Waals surface area contributed by atoms with Gasteiger partial charge >= 0.3 is 0 Å². The molecule has 4 aliphatic heterocycles. The maximum Gasteiger partial charge on any atom is 0.267 e. The maximum atomic E-state index is 16.6. The largest absolute Gasteiger partial charge is 0.364 e. The zero-order chi connectivity index (χ0) is 48.0. The maximum absolute atomic E-state index is 16.6. The monoisotopic (exact) mass is 840 g/mol. The van der Waals surface area contributed by atoms with Gasteiger partial charge in [-0.2, -0.15) is 0 Å². The SMILES string of the molecule is [2H]C1([2H])N(CC2CCN(c3cc(Nc4ncc(C(=O)Nc5c(C)cccc5Cl)s4)nc(C)n3)CC2)C([2H])([2H])C([2H])([2H])N(c2c(F)cc3c(c2F)C(=O)N(C2CCC(=O)NC2=O)C3=O)C1([2H])[2H]. The molecule has 2 aromatic carbocycles. The van der Waals surface area contributed by atoms with Gasteiger partial charge in [-0.25, -0.2) is 23.7 Å². The molecule has 8 rings (SSSR count). The number of carbonyl (C=O) groups excluding carboxylic acids is 5. The minimum absolute atomic E-state index is 0.272. The van der Waals surface area contributed by atoms with E-state index < -0.39 is 102 Å². The first-order valence-corrected chi connectivity index (χ1v) is 19.3. The summed E-state index contributed by atoms with van der Waals surface area (Å²) in [5, 5.41) is 8.61. The highest BCUT2D eigenvalue weighted by molar-refractivity contribution is 7.17. The Balaban J connectivity index is 0.974. The minimum atomic E-state index is -3.74. The van der Waals surface area contributed by atoms with Crippen molar-refractivity contribution >= 4 is 80.6 Å². The predicted molar refractivity (Wildman–Crippen MR) is 213 cm³/mol. The molecule has 4 aromatic rings. The van der Waals surface area contributed by atoms with Gasteiger partial charge in [-0.15, -0.1) is 0 Å². The first-order valence-electron chi connectivity index (χ1n) is 22.1. The van der Waals surface area contributed by atoms with Gasteiger partial charge in [0, 0.05) is 63.6 Å². The lowest BCUT2D eigenvalue weighted by atomic mass is 9.96. The van der Waals surface area contributed by atoms with E-state index in [2.05, 4.69) is 25.6 Å². The van der Waals surface area contributed by atoms with Crippen LogP contribution in [0.1, 0.15) is 78.4 Å². The van der Waals surface area contributed by atoms with Gasteiger partial charge in [0.25, 0.3) is 17.7 Å². The Hall–Kier alpha value is -5.59. The van der Waals surface area contributed by atoms with E-state index in [0.717, 1.165) is 16.9 Å². The van der Waals surface area contributed by atoms with Gasteiger partial charge in [0.15, 0.2) is 10.9 Å². The number of rotatable bonds is 9. The van der Waals surface area contributed by atoms with Crippen LogP contribution in [-0.2, 0) is 9.59 Å². The number of amides is 5. The lowest BCUT2D eigenvalue weighted by Gasteiger charge is -2.40. The fourth-order valence-electron chi connectivity index (χ4n) is 7.12. The van der Waals surface area contributed by atoms with Gasteiger partial charge in [0.2, 0.25) is 11.8 Å². The van der Waals surface area contributed by atoms with E-state index in [1.54, 1.807) is 25.1 Å². The fraction of sp³-hybridized carbons (Fsp3) is 0.385. The molecule has 3 saturated heterocycles. The number of aromatic nitrogens is 3. The molecule has 0 aliphatic carbocycles. The summed E-state index contributed by atoms with van der Waals surface area (Å²) in [6.07, 6.45) is 1.34. The molecule has 0 saturated carbocycles. The van der Waals surface area contributed by atoms with Crippen molar-refractivity contribution in [1.29, 1.82) is 0 Å². The van der Waals surface area contributed by atoms with Crippen LogP contribution < -0.4 is 25.8 Å². The summed E-state index contributed by atoms with van der Waals surface area (Å²) in [7, 11) is 0. The van der Waals surface area contributed by atoms with Gasteiger partial charge in [-0.1, -0.05) is 35.1 Å². The number of carbonyl (C=O) groups is 5. The van der Waals surface area contributed by atoms with Crippen LogP contribution in [0.25, 0.3) is 0 Å². The number of fused-ring (bicyclic) bond motifs is 1. The second-order valence-electron chi connectivity index (χ2n) is 13.9. The second-order valence-corrected chi connectivity index (χ2v) is 15.4. The Morgan fingerprint density at radius 1 is 1.02 bits per heavy atom. The number of piperazine rings is 1. The number of para-hydroxylation sites is 1. The number of hydrogen-bond donors (Lipinski definition) is 3. The minimum Gasteiger partial charge on any atom is -0.364 e. The molecule has 58 heavy (non-hydrogen) atoms. The number of halogens is 3. The highest BCUT2D eigenvalue weighted by Gasteiger charge is 2.47. The molecule has 1 atom stereocenters. The molecule has 0 spiro atoms. The van der Waals surface area contributed by atoms with Crippen LogP contribution in [0.3, 0.4) is 0 Å². The third kappa shape index (κ3) is 7.70. The van der Waals surface area contributed by atoms with Crippen LogP contribution in [0.4, 0.5) is 36.9 Å². The Labute approximate surface area is 352 Å². The molecule has 15 nitrogen and oxygen atoms in total. The molecule has 5 amide bonds. The third-order valence-electron chi connectivity index (χ3n) is 10.0. The summed E-state index contributed by atoms with van der Waals surface area (Å²) in [5.41, 5.74) is -2.42. The van der Waals surface area contributed by atoms with Crippen molar-refractivity contribution in [3.63, 3.8) is 0 Å². The van der Waals surface area contributed by atoms with Crippen molar-refractivity contribution < 1.29 is 43.7 Å². The summed E-state index contributed by atoms with van der Waals surface area (Å²) < 4.78 is 104. The van der Waals surface area contributed by atoms with E-state index in [-0.39, 0.29) is 30.6 Å². The van der Waals surface area contributed by atoms with Gasteiger partial charge in [0.05, 0.1) is 33.5 Å². The molecular weight excluding hydrogens is 794 g/mol. The van der Waals surface area contributed by atoms with Crippen LogP contribution >= 0.6 is 22.9 Å². The summed E-state index contributed by atoms with van der Waals surface area (Å²) in [4.78, 5) is 79.9. The van der Waals surface area contributed by atoms with Crippen molar-refractivity contribution in [3.8, 4) is 0 Å². The van der Waals surface area contributed by atoms with Gasteiger partial charge < -0.3 is 20.4 Å². The summed E-state index contributed by atoms with van der Waals surface area (Å²) in [6.45, 7) is -10.9. The van der Waals surface area contributed by atoms with Crippen LogP contribution in [0.15, 0.2) is 36.5 Å². The molecule has 1 unspecified atom stereocenters. The number of hydrogen-bond acceptors (Lipinski definition) is 13. The molecule has 6 heterocycles. The highest BCUT2D eigenvalue weighted by Crippen LogP contribution is 2.37. The predicted octanol–water partition coefficient (Wildman–Crippen LogP) is 4.92. The molecule has 302 valence electrons. The second kappa shape index (κ2) is 16.0. The normalized spacial score (nSPS) is 24.6. The van der Waals surface area contributed by atoms with E-state index in [9.17, 15) is 24.0 Å². The van der Waals surface area contributed by atoms with Crippen LogP contribution in [0.2, 0.25) is 5.02 Å². The topological polar surface area (TPSA) is 173 Å². The molecule has 3 fully saturated rings. The van der Waals surface area contributed by atoms with Crippen LogP contribution in [0, 0.1) is 31.4 Å². The van der Waals surface area contributed by atoms with Crippen LogP contribution in [0.5, 0.6) is 0 Å². The summed E-state index contributed by atoms with van der Waals surface area (Å²) >= 11 is 7.35. The lowest BCUT2D eigenvalue weighted by molar-refractivity contribution is -0.136. The Morgan fingerprint density at radius 2 is 1.78 bits per heavy atom. The van der Waals surface area contributed by atoms with Crippen LogP contribution in [-0.4, -0.2) is 106 Å². The number of anilines is 5. The molecule has 19 heteroatoms. The van der Waals surface area contributed by atoms with E-state index in [1.165, 1.54) is 6.20 Å². The van der Waals surface area contributed by atoms with Gasteiger partial charge in [0.1, 0.15) is 39.9 Å². The van der Waals surface area contributed by atoms with Crippen molar-refractivity contribution in [2.24, 2.45) is 5.92 Å². The van der Waals surface area contributed by atoms with E-state index in [0.29, 0.717) is 67.1 Å². The van der Waals surface area contributed by atoms with E-state index in [1.807, 2.05) is 23.2 Å². The van der Waals surface area contributed by atoms with Crippen molar-refractivity contribution in [2.45, 2.75) is 45.6 Å². The zero-order valence-corrected chi connectivity index (χ0v) is 32.4. The number of nitrogens with zero attached hydrogens (tertiary/aromatic N) is 7. The Kier molecular flexibility index (Phi) is 8.40. The van der Waals surface area contributed by atoms with Crippen molar-refractivity contribution in [3.05, 3.63) is 80.6 Å². The van der Waals surface area contributed by atoms with E-state index in [4.69, 9.17) is 22.6 Å². The zero-order valence-electron chi connectivity index (χ0n) is 38.8. The van der Waals surface area contributed by atoms with Crippen molar-refractivity contribution in [2.75, 3.05) is 66.1 Å². The molecule has 2 aromatic heterocycles. The number of aryl methyl sites for hydroxylation is 2. The first-order chi connectivity index (χ1) is 30.9. The summed E-state index contributed by atoms with van der Waals surface area (Å²) in [6, 6.07) is 5.65. The number of nitrogens with one attached hydrogen (secondary N) is 3. The molecule has 4 aliphatic rings. The smallest absolute Gasteiger partial charge is 0.267 e. The number of benzene rings is 2. The van der Waals surface area contributed by atoms with Crippen molar-refractivity contribution in [1.82, 2.24) is 30.1 Å². The first kappa shape index (κ1) is 30.5. The molecular formula is C39H39ClF2N10O5S. The standard InChI is InChI=1S/C39H39ClF2N10O5S/c1-20-4-3-5-24(40)33(20)48-36(55)27-18-43-39(58-27)46-28-17-29(45-21(2)44-28)50-10-8-22(9-11-50)19-49-12-14-51(15-13-49)34-25(41)16-23-31(32(34)42)38(57)52(37(23)56)26-6-7-30(53)47-35(26)54/h3-5,16-18,22,26H,6-15,19H2,1-2H3,(H,48,55)(H,47,53,54)(H,43,44,45,46)/i12D2,13D2,14D2,15D2. The Bertz CT molecular complexity index is 2680.